The molecule has 15 heavy (non-hydrogen) atoms. The Morgan fingerprint density at radius 1 is 0.867 bits per heavy atom. The van der Waals surface area contributed by atoms with E-state index in [4.69, 9.17) is 20.9 Å². The maximum Gasteiger partial charge on any atom is 0.508 e. The number of carbonyl (C=O) groups excluding carboxylic acids is 1. The summed E-state index contributed by atoms with van der Waals surface area (Å²) < 4.78 is 9.55. The topological polar surface area (TPSA) is 87.6 Å². The van der Waals surface area contributed by atoms with Crippen LogP contribution in [0.4, 0.5) is 4.79 Å². The van der Waals surface area contributed by atoms with Crippen molar-refractivity contribution >= 4 is 18.6 Å². The van der Waals surface area contributed by atoms with Crippen molar-refractivity contribution < 1.29 is 14.3 Å². The van der Waals surface area contributed by atoms with Gasteiger partial charge in [0.2, 0.25) is 0 Å². The quantitative estimate of drug-likeness (QED) is 0.489. The molecule has 0 fully saturated rings. The van der Waals surface area contributed by atoms with Crippen LogP contribution in [0.25, 0.3) is 0 Å². The van der Waals surface area contributed by atoms with Crippen LogP contribution in [-0.2, 0) is 9.47 Å². The van der Waals surface area contributed by atoms with Crippen LogP contribution < -0.4 is 11.5 Å². The Balaban J connectivity index is 0. The highest BCUT2D eigenvalue weighted by molar-refractivity contribution is 5.85. The molecule has 0 aromatic heterocycles. The van der Waals surface area contributed by atoms with Crippen molar-refractivity contribution in [2.45, 2.75) is 25.7 Å². The SMILES string of the molecule is Cl.NCCCCOC(=O)OCCCCN. The number of ether oxygens (including phenoxy) is 2. The molecule has 0 aliphatic rings. The Hall–Kier alpha value is -0.520. The van der Waals surface area contributed by atoms with Gasteiger partial charge in [0.15, 0.2) is 0 Å². The predicted molar refractivity (Wildman–Crippen MR) is 61.1 cm³/mol. The van der Waals surface area contributed by atoms with Gasteiger partial charge in [-0.25, -0.2) is 4.79 Å². The summed E-state index contributed by atoms with van der Waals surface area (Å²) in [4.78, 5) is 10.9. The fourth-order valence-electron chi connectivity index (χ4n) is 0.845. The molecule has 0 bridgehead atoms. The Morgan fingerprint density at radius 3 is 1.60 bits per heavy atom. The first kappa shape index (κ1) is 16.9. The molecule has 0 heterocycles. The first-order chi connectivity index (χ1) is 6.81. The second kappa shape index (κ2) is 13.5. The molecule has 5 nitrogen and oxygen atoms in total. The van der Waals surface area contributed by atoms with Crippen molar-refractivity contribution in [1.29, 1.82) is 0 Å². The lowest BCUT2D eigenvalue weighted by Gasteiger charge is -2.05. The maximum atomic E-state index is 10.9. The molecule has 0 amide bonds. The van der Waals surface area contributed by atoms with Crippen LogP contribution >= 0.6 is 12.4 Å². The molecular formula is C9H21ClN2O3. The highest BCUT2D eigenvalue weighted by Crippen LogP contribution is 1.93. The zero-order chi connectivity index (χ0) is 10.6. The molecule has 0 aromatic rings. The Labute approximate surface area is 96.9 Å². The summed E-state index contributed by atoms with van der Waals surface area (Å²) in [6.07, 6.45) is 2.70. The van der Waals surface area contributed by atoms with Gasteiger partial charge in [-0.15, -0.1) is 12.4 Å². The van der Waals surface area contributed by atoms with E-state index >= 15 is 0 Å². The van der Waals surface area contributed by atoms with Crippen LogP contribution in [0, 0.1) is 0 Å². The molecule has 0 unspecified atom stereocenters. The largest absolute Gasteiger partial charge is 0.508 e. The molecule has 0 radical (unpaired) electrons. The van der Waals surface area contributed by atoms with Crippen LogP contribution in [0.5, 0.6) is 0 Å². The van der Waals surface area contributed by atoms with E-state index in [0.29, 0.717) is 26.3 Å². The number of halogens is 1. The van der Waals surface area contributed by atoms with Gasteiger partial charge in [-0.05, 0) is 38.8 Å². The van der Waals surface area contributed by atoms with Crippen molar-refractivity contribution in [1.82, 2.24) is 0 Å². The van der Waals surface area contributed by atoms with Crippen LogP contribution in [0.3, 0.4) is 0 Å². The van der Waals surface area contributed by atoms with Gasteiger partial charge in [-0.3, -0.25) is 0 Å². The van der Waals surface area contributed by atoms with E-state index in [-0.39, 0.29) is 12.4 Å². The molecule has 4 N–H and O–H groups in total. The van der Waals surface area contributed by atoms with E-state index in [1.165, 1.54) is 0 Å². The number of hydrogen-bond donors (Lipinski definition) is 2. The third-order valence-corrected chi connectivity index (χ3v) is 1.64. The van der Waals surface area contributed by atoms with E-state index in [9.17, 15) is 4.79 Å². The summed E-state index contributed by atoms with van der Waals surface area (Å²) in [6, 6.07) is 0. The van der Waals surface area contributed by atoms with Crippen LogP contribution in [-0.4, -0.2) is 32.5 Å². The molecule has 0 aliphatic heterocycles. The molecular weight excluding hydrogens is 220 g/mol. The molecule has 0 atom stereocenters. The number of unbranched alkanes of at least 4 members (excludes halogenated alkanes) is 2. The first-order valence-electron chi connectivity index (χ1n) is 5.01. The van der Waals surface area contributed by atoms with Gasteiger partial charge >= 0.3 is 6.16 Å². The van der Waals surface area contributed by atoms with Crippen LogP contribution in [0.1, 0.15) is 25.7 Å². The van der Waals surface area contributed by atoms with Crippen molar-refractivity contribution in [3.8, 4) is 0 Å². The minimum absolute atomic E-state index is 0. The number of nitrogens with two attached hydrogens (primary N) is 2. The summed E-state index contributed by atoms with van der Waals surface area (Å²) in [7, 11) is 0. The smallest absolute Gasteiger partial charge is 0.434 e. The van der Waals surface area contributed by atoms with Crippen molar-refractivity contribution in [2.24, 2.45) is 11.5 Å². The summed E-state index contributed by atoms with van der Waals surface area (Å²) in [5.74, 6) is 0. The van der Waals surface area contributed by atoms with Crippen molar-refractivity contribution in [3.05, 3.63) is 0 Å². The summed E-state index contributed by atoms with van der Waals surface area (Å²) in [6.45, 7) is 2.00. The Bertz CT molecular complexity index is 133. The molecule has 92 valence electrons. The lowest BCUT2D eigenvalue weighted by Crippen LogP contribution is -2.11. The average Bonchev–Trinajstić information content (AvgIpc) is 2.19. The summed E-state index contributed by atoms with van der Waals surface area (Å²) in [5, 5.41) is 0. The Morgan fingerprint density at radius 2 is 1.27 bits per heavy atom. The summed E-state index contributed by atoms with van der Waals surface area (Å²) in [5.41, 5.74) is 10.6. The highest BCUT2D eigenvalue weighted by atomic mass is 35.5. The average molecular weight is 241 g/mol. The molecule has 0 saturated heterocycles. The standard InChI is InChI=1S/C9H20N2O3.ClH/c10-5-1-3-7-13-9(12)14-8-4-2-6-11;/h1-8,10-11H2;1H. The van der Waals surface area contributed by atoms with Crippen LogP contribution in [0.15, 0.2) is 0 Å². The lowest BCUT2D eigenvalue weighted by atomic mass is 10.3. The van der Waals surface area contributed by atoms with Gasteiger partial charge in [-0.1, -0.05) is 0 Å². The molecule has 6 heteroatoms. The molecule has 0 saturated carbocycles. The number of rotatable bonds is 8. The second-order valence-corrected chi connectivity index (χ2v) is 2.94. The fourth-order valence-corrected chi connectivity index (χ4v) is 0.845. The van der Waals surface area contributed by atoms with Gasteiger partial charge in [-0.2, -0.15) is 0 Å². The van der Waals surface area contributed by atoms with E-state index in [0.717, 1.165) is 25.7 Å². The van der Waals surface area contributed by atoms with Crippen molar-refractivity contribution in [3.63, 3.8) is 0 Å². The third-order valence-electron chi connectivity index (χ3n) is 1.64. The van der Waals surface area contributed by atoms with Gasteiger partial charge in [0.25, 0.3) is 0 Å². The minimum atomic E-state index is -0.598. The maximum absolute atomic E-state index is 10.9. The molecule has 0 rings (SSSR count). The van der Waals surface area contributed by atoms with Crippen molar-refractivity contribution in [2.75, 3.05) is 26.3 Å². The van der Waals surface area contributed by atoms with E-state index in [2.05, 4.69) is 0 Å². The van der Waals surface area contributed by atoms with Crippen LogP contribution in [0.2, 0.25) is 0 Å². The highest BCUT2D eigenvalue weighted by Gasteiger charge is 2.01. The Kier molecular flexibility index (Phi) is 15.2. The number of carbonyl (C=O) groups is 1. The van der Waals surface area contributed by atoms with Gasteiger partial charge in [0.05, 0.1) is 13.2 Å². The van der Waals surface area contributed by atoms with E-state index in [1.807, 2.05) is 0 Å². The second-order valence-electron chi connectivity index (χ2n) is 2.94. The zero-order valence-corrected chi connectivity index (χ0v) is 9.76. The number of hydrogen-bond acceptors (Lipinski definition) is 5. The lowest BCUT2D eigenvalue weighted by molar-refractivity contribution is 0.0533. The van der Waals surface area contributed by atoms with Gasteiger partial charge < -0.3 is 20.9 Å². The minimum Gasteiger partial charge on any atom is -0.434 e. The third kappa shape index (κ3) is 13.5. The monoisotopic (exact) mass is 240 g/mol. The van der Waals surface area contributed by atoms with Gasteiger partial charge in [0, 0.05) is 0 Å². The molecule has 0 aliphatic carbocycles. The fraction of sp³-hybridized carbons (Fsp3) is 0.889. The van der Waals surface area contributed by atoms with E-state index in [1.54, 1.807) is 0 Å². The zero-order valence-electron chi connectivity index (χ0n) is 8.94. The molecule has 0 spiro atoms. The van der Waals surface area contributed by atoms with Gasteiger partial charge in [0.1, 0.15) is 0 Å². The predicted octanol–water partition coefficient (Wildman–Crippen LogP) is 1.04. The van der Waals surface area contributed by atoms with E-state index < -0.39 is 6.16 Å². The molecule has 0 aromatic carbocycles. The normalized spacial score (nSPS) is 9.20. The first-order valence-corrected chi connectivity index (χ1v) is 5.01. The summed E-state index contributed by atoms with van der Waals surface area (Å²) >= 11 is 0.